The third kappa shape index (κ3) is 5.23. The summed E-state index contributed by atoms with van der Waals surface area (Å²) < 4.78 is 11.8. The average Bonchev–Trinajstić information content (AvgIpc) is 2.63. The quantitative estimate of drug-likeness (QED) is 0.582. The summed E-state index contributed by atoms with van der Waals surface area (Å²) in [7, 11) is 0. The van der Waals surface area contributed by atoms with E-state index < -0.39 is 0 Å². The number of hydrogen-bond acceptors (Lipinski definition) is 5. The van der Waals surface area contributed by atoms with E-state index >= 15 is 0 Å². The van der Waals surface area contributed by atoms with E-state index in [0.29, 0.717) is 6.10 Å². The van der Waals surface area contributed by atoms with Crippen LogP contribution in [0, 0.1) is 17.0 Å². The van der Waals surface area contributed by atoms with E-state index in [0.717, 1.165) is 57.7 Å². The number of nitrogens with zero attached hydrogens (tertiary/aromatic N) is 2. The molecular weight excluding hydrogens is 320 g/mol. The molecule has 0 saturated carbocycles. The number of aryl methyl sites for hydroxylation is 1. The van der Waals surface area contributed by atoms with Crippen molar-refractivity contribution in [3.8, 4) is 0 Å². The SMILES string of the molecule is Cc1cc([N+](=O)[O-])ccc1CN1CCC(OC[C@H]2CCCCO2)CC1. The second kappa shape index (κ2) is 8.74. The van der Waals surface area contributed by atoms with Gasteiger partial charge >= 0.3 is 0 Å². The highest BCUT2D eigenvalue weighted by molar-refractivity contribution is 5.39. The summed E-state index contributed by atoms with van der Waals surface area (Å²) in [6.07, 6.45) is 6.25. The Bertz CT molecular complexity index is 579. The van der Waals surface area contributed by atoms with Gasteiger partial charge < -0.3 is 9.47 Å². The normalized spacial score (nSPS) is 22.8. The van der Waals surface area contributed by atoms with Crippen molar-refractivity contribution in [2.45, 2.75) is 57.8 Å². The van der Waals surface area contributed by atoms with Gasteiger partial charge in [-0.05, 0) is 50.2 Å². The molecule has 3 rings (SSSR count). The molecule has 0 amide bonds. The van der Waals surface area contributed by atoms with Crippen LogP contribution in [0.1, 0.15) is 43.2 Å². The van der Waals surface area contributed by atoms with Gasteiger partial charge in [0.05, 0.1) is 23.7 Å². The fourth-order valence-electron chi connectivity index (χ4n) is 3.63. The molecule has 0 aliphatic carbocycles. The Labute approximate surface area is 149 Å². The zero-order valence-electron chi connectivity index (χ0n) is 15.0. The number of rotatable bonds is 6. The number of nitro benzene ring substituents is 1. The fourth-order valence-corrected chi connectivity index (χ4v) is 3.63. The maximum Gasteiger partial charge on any atom is 0.269 e. The minimum Gasteiger partial charge on any atom is -0.376 e. The van der Waals surface area contributed by atoms with E-state index in [9.17, 15) is 10.1 Å². The van der Waals surface area contributed by atoms with Crippen molar-refractivity contribution in [1.82, 2.24) is 4.90 Å². The Hall–Kier alpha value is -1.50. The van der Waals surface area contributed by atoms with E-state index in [1.807, 2.05) is 13.0 Å². The summed E-state index contributed by atoms with van der Waals surface area (Å²) >= 11 is 0. The zero-order valence-corrected chi connectivity index (χ0v) is 15.0. The number of piperidine rings is 1. The van der Waals surface area contributed by atoms with Crippen LogP contribution in [0.15, 0.2) is 18.2 Å². The molecule has 0 spiro atoms. The molecule has 138 valence electrons. The molecule has 0 aromatic heterocycles. The first-order valence-corrected chi connectivity index (χ1v) is 9.31. The van der Waals surface area contributed by atoms with Gasteiger partial charge in [-0.25, -0.2) is 0 Å². The van der Waals surface area contributed by atoms with Gasteiger partial charge in [0, 0.05) is 38.4 Å². The summed E-state index contributed by atoms with van der Waals surface area (Å²) in [5.41, 5.74) is 2.32. The van der Waals surface area contributed by atoms with Gasteiger partial charge in [-0.3, -0.25) is 15.0 Å². The molecule has 2 aliphatic heterocycles. The maximum absolute atomic E-state index is 10.8. The molecule has 1 aromatic carbocycles. The van der Waals surface area contributed by atoms with Gasteiger partial charge in [-0.15, -0.1) is 0 Å². The topological polar surface area (TPSA) is 64.8 Å². The van der Waals surface area contributed by atoms with Gasteiger partial charge in [-0.2, -0.15) is 0 Å². The number of hydrogen-bond donors (Lipinski definition) is 0. The Morgan fingerprint density at radius 3 is 2.72 bits per heavy atom. The highest BCUT2D eigenvalue weighted by atomic mass is 16.6. The Morgan fingerprint density at radius 2 is 2.08 bits per heavy atom. The van der Waals surface area contributed by atoms with Crippen molar-refractivity contribution in [2.24, 2.45) is 0 Å². The lowest BCUT2D eigenvalue weighted by Gasteiger charge is -2.33. The molecule has 2 saturated heterocycles. The van der Waals surface area contributed by atoms with Crippen molar-refractivity contribution in [1.29, 1.82) is 0 Å². The Kier molecular flexibility index (Phi) is 6.39. The van der Waals surface area contributed by atoms with Crippen molar-refractivity contribution in [2.75, 3.05) is 26.3 Å². The maximum atomic E-state index is 10.8. The number of likely N-dealkylation sites (tertiary alicyclic amines) is 1. The minimum absolute atomic E-state index is 0.165. The van der Waals surface area contributed by atoms with Gasteiger partial charge in [0.25, 0.3) is 5.69 Å². The monoisotopic (exact) mass is 348 g/mol. The summed E-state index contributed by atoms with van der Waals surface area (Å²) in [6, 6.07) is 5.15. The summed E-state index contributed by atoms with van der Waals surface area (Å²) in [5, 5.41) is 10.8. The van der Waals surface area contributed by atoms with Gasteiger partial charge in [0.2, 0.25) is 0 Å². The van der Waals surface area contributed by atoms with Crippen LogP contribution < -0.4 is 0 Å². The van der Waals surface area contributed by atoms with Crippen molar-refractivity contribution >= 4 is 5.69 Å². The zero-order chi connectivity index (χ0) is 17.6. The lowest BCUT2D eigenvalue weighted by Crippen LogP contribution is -2.38. The average molecular weight is 348 g/mol. The summed E-state index contributed by atoms with van der Waals surface area (Å²) in [4.78, 5) is 12.9. The molecule has 2 fully saturated rings. The third-order valence-electron chi connectivity index (χ3n) is 5.26. The van der Waals surface area contributed by atoms with Crippen molar-refractivity contribution in [3.05, 3.63) is 39.4 Å². The predicted molar refractivity (Wildman–Crippen MR) is 95.7 cm³/mol. The van der Waals surface area contributed by atoms with Crippen molar-refractivity contribution in [3.63, 3.8) is 0 Å². The fraction of sp³-hybridized carbons (Fsp3) is 0.684. The predicted octanol–water partition coefficient (Wildman–Crippen LogP) is 3.45. The lowest BCUT2D eigenvalue weighted by atomic mass is 10.0. The molecule has 0 radical (unpaired) electrons. The van der Waals surface area contributed by atoms with Crippen molar-refractivity contribution < 1.29 is 14.4 Å². The van der Waals surface area contributed by atoms with E-state index in [1.165, 1.54) is 18.4 Å². The first kappa shape index (κ1) is 18.3. The number of nitro groups is 1. The summed E-state index contributed by atoms with van der Waals surface area (Å²) in [6.45, 7) is 6.41. The van der Waals surface area contributed by atoms with Crippen LogP contribution in [0.4, 0.5) is 5.69 Å². The molecule has 0 bridgehead atoms. The van der Waals surface area contributed by atoms with Gasteiger partial charge in [-0.1, -0.05) is 6.07 Å². The third-order valence-corrected chi connectivity index (χ3v) is 5.26. The molecule has 6 nitrogen and oxygen atoms in total. The second-order valence-corrected chi connectivity index (χ2v) is 7.17. The molecule has 2 aliphatic rings. The van der Waals surface area contributed by atoms with E-state index in [-0.39, 0.29) is 16.7 Å². The van der Waals surface area contributed by atoms with Crippen LogP contribution in [0.2, 0.25) is 0 Å². The highest BCUT2D eigenvalue weighted by Crippen LogP contribution is 2.22. The smallest absolute Gasteiger partial charge is 0.269 e. The molecule has 1 aromatic rings. The van der Waals surface area contributed by atoms with Crippen LogP contribution in [0.3, 0.4) is 0 Å². The van der Waals surface area contributed by atoms with Crippen LogP contribution in [0.5, 0.6) is 0 Å². The minimum atomic E-state index is -0.338. The summed E-state index contributed by atoms with van der Waals surface area (Å²) in [5.74, 6) is 0. The van der Waals surface area contributed by atoms with Crippen LogP contribution in [-0.2, 0) is 16.0 Å². The number of non-ortho nitro benzene ring substituents is 1. The first-order chi connectivity index (χ1) is 12.1. The number of benzene rings is 1. The Balaban J connectivity index is 1.42. The molecule has 2 heterocycles. The lowest BCUT2D eigenvalue weighted by molar-refractivity contribution is -0.384. The second-order valence-electron chi connectivity index (χ2n) is 7.17. The molecule has 0 unspecified atom stereocenters. The van der Waals surface area contributed by atoms with E-state index in [2.05, 4.69) is 4.90 Å². The van der Waals surface area contributed by atoms with Gasteiger partial charge in [0.1, 0.15) is 0 Å². The van der Waals surface area contributed by atoms with Gasteiger partial charge in [0.15, 0.2) is 0 Å². The highest BCUT2D eigenvalue weighted by Gasteiger charge is 2.22. The first-order valence-electron chi connectivity index (χ1n) is 9.31. The van der Waals surface area contributed by atoms with E-state index in [1.54, 1.807) is 12.1 Å². The standard InChI is InChI=1S/C19H28N2O4/c1-15-12-17(21(22)23)6-5-16(15)13-20-9-7-18(8-10-20)25-14-19-4-2-3-11-24-19/h5-6,12,18-19H,2-4,7-11,13-14H2,1H3/t19-/m1/s1. The molecule has 1 atom stereocenters. The molecular formula is C19H28N2O4. The van der Waals surface area contributed by atoms with E-state index in [4.69, 9.17) is 9.47 Å². The molecule has 25 heavy (non-hydrogen) atoms. The van der Waals surface area contributed by atoms with Crippen LogP contribution in [-0.4, -0.2) is 48.3 Å². The molecule has 0 N–H and O–H groups in total. The largest absolute Gasteiger partial charge is 0.376 e. The van der Waals surface area contributed by atoms with Crippen LogP contribution in [0.25, 0.3) is 0 Å². The Morgan fingerprint density at radius 1 is 1.28 bits per heavy atom. The molecule has 6 heteroatoms. The van der Waals surface area contributed by atoms with Crippen LogP contribution >= 0.6 is 0 Å². The number of ether oxygens (including phenoxy) is 2.